The molecule has 4 heterocycles. The molecule has 4 aromatic rings. The second-order valence-electron chi connectivity index (χ2n) is 10.1. The van der Waals surface area contributed by atoms with Crippen LogP contribution in [0.2, 0.25) is 0 Å². The number of ether oxygens (including phenoxy) is 2. The van der Waals surface area contributed by atoms with E-state index in [1.165, 1.54) is 21.3 Å². The molecule has 1 aliphatic rings. The summed E-state index contributed by atoms with van der Waals surface area (Å²) in [6.07, 6.45) is 3.87. The lowest BCUT2D eigenvalue weighted by Crippen LogP contribution is -2.52. The molecule has 11 heteroatoms. The largest absolute Gasteiger partial charge is 0.491 e. The fraction of sp³-hybridized carbons (Fsp3) is 0.357. The van der Waals surface area contributed by atoms with Crippen molar-refractivity contribution in [1.29, 1.82) is 0 Å². The van der Waals surface area contributed by atoms with Crippen LogP contribution in [-0.2, 0) is 24.4 Å². The third-order valence-electron chi connectivity index (χ3n) is 7.32. The van der Waals surface area contributed by atoms with Crippen molar-refractivity contribution in [2.45, 2.75) is 52.4 Å². The Labute approximate surface area is 224 Å². The number of benzene rings is 1. The Morgan fingerprint density at radius 2 is 1.97 bits per heavy atom. The van der Waals surface area contributed by atoms with Gasteiger partial charge < -0.3 is 19.6 Å². The first-order valence-corrected chi connectivity index (χ1v) is 12.7. The first-order chi connectivity index (χ1) is 18.6. The van der Waals surface area contributed by atoms with Gasteiger partial charge >= 0.3 is 11.7 Å². The maximum absolute atomic E-state index is 12.7. The molecule has 5 rings (SSSR count). The predicted octanol–water partition coefficient (Wildman–Crippen LogP) is 2.89. The van der Waals surface area contributed by atoms with Crippen molar-refractivity contribution >= 4 is 11.6 Å². The van der Waals surface area contributed by atoms with Crippen LogP contribution in [0.15, 0.2) is 58.4 Å². The number of hydrogen-bond donors (Lipinski definition) is 1. The third kappa shape index (κ3) is 4.69. The van der Waals surface area contributed by atoms with E-state index in [0.29, 0.717) is 23.6 Å². The third-order valence-corrected chi connectivity index (χ3v) is 7.32. The summed E-state index contributed by atoms with van der Waals surface area (Å²) >= 11 is 0. The Bertz CT molecular complexity index is 1680. The first kappa shape index (κ1) is 26.2. The molecule has 0 saturated carbocycles. The Balaban J connectivity index is 1.53. The van der Waals surface area contributed by atoms with E-state index in [1.54, 1.807) is 30.1 Å². The smallest absolute Gasteiger partial charge is 0.350 e. The quantitative estimate of drug-likeness (QED) is 0.349. The normalized spacial score (nSPS) is 12.9. The number of hydrogen-bond acceptors (Lipinski definition) is 7. The molecular formula is C28H31N5O6. The number of aromatic nitrogens is 4. The van der Waals surface area contributed by atoms with E-state index in [4.69, 9.17) is 9.47 Å². The summed E-state index contributed by atoms with van der Waals surface area (Å²) in [6.45, 7) is 7.41. The molecule has 1 aliphatic heterocycles. The highest BCUT2D eigenvalue weighted by Gasteiger charge is 2.33. The van der Waals surface area contributed by atoms with Gasteiger partial charge in [-0.15, -0.1) is 5.10 Å². The molecule has 1 aromatic carbocycles. The van der Waals surface area contributed by atoms with E-state index < -0.39 is 11.4 Å². The van der Waals surface area contributed by atoms with E-state index >= 15 is 0 Å². The van der Waals surface area contributed by atoms with Crippen LogP contribution in [-0.4, -0.2) is 49.2 Å². The topological polar surface area (TPSA) is 120 Å². The second kappa shape index (κ2) is 10.1. The zero-order chi connectivity index (χ0) is 27.9. The maximum Gasteiger partial charge on any atom is 0.350 e. The molecule has 0 radical (unpaired) electrons. The number of carboxylic acids is 1. The Morgan fingerprint density at radius 3 is 2.67 bits per heavy atom. The monoisotopic (exact) mass is 533 g/mol. The average molecular weight is 534 g/mol. The highest BCUT2D eigenvalue weighted by Crippen LogP contribution is 2.37. The lowest BCUT2D eigenvalue weighted by atomic mass is 9.94. The summed E-state index contributed by atoms with van der Waals surface area (Å²) in [5.41, 5.74) is 2.26. The molecule has 0 atom stereocenters. The number of aromatic carboxylic acids is 1. The van der Waals surface area contributed by atoms with E-state index in [2.05, 4.69) is 30.9 Å². The van der Waals surface area contributed by atoms with Gasteiger partial charge in [-0.05, 0) is 50.1 Å². The van der Waals surface area contributed by atoms with Gasteiger partial charge in [0.1, 0.15) is 17.9 Å². The second-order valence-corrected chi connectivity index (χ2v) is 10.1. The van der Waals surface area contributed by atoms with Gasteiger partial charge in [-0.1, -0.05) is 13.0 Å². The SMILES string of the molecule is CCC(C)(C)N1Cc2cc(OCCn3nc4ccccn4c3=O)c(COC)cc2-c2cc(=O)c(C(=O)O)cn21. The summed E-state index contributed by atoms with van der Waals surface area (Å²) < 4.78 is 16.2. The standard InChI is InChI=1S/C28H31N5O6/c1-5-28(2,3)33-15-18-13-24(39-11-10-31-27(37)30-9-7-6-8-25(30)29-31)19(17-38-4)12-20(18)22-14-23(34)21(26(35)36)16-32(22)33/h6-9,12-14,16H,5,10-11,15,17H2,1-4H3,(H,35,36). The summed E-state index contributed by atoms with van der Waals surface area (Å²) in [7, 11) is 1.59. The molecule has 0 amide bonds. The van der Waals surface area contributed by atoms with Gasteiger partial charge in [-0.2, -0.15) is 0 Å². The van der Waals surface area contributed by atoms with Crippen LogP contribution >= 0.6 is 0 Å². The molecule has 0 unspecified atom stereocenters. The van der Waals surface area contributed by atoms with Gasteiger partial charge in [-0.25, -0.2) is 14.3 Å². The number of rotatable bonds is 9. The fourth-order valence-corrected chi connectivity index (χ4v) is 4.81. The van der Waals surface area contributed by atoms with Gasteiger partial charge in [-0.3, -0.25) is 13.9 Å². The van der Waals surface area contributed by atoms with Crippen LogP contribution in [0.5, 0.6) is 5.75 Å². The van der Waals surface area contributed by atoms with Gasteiger partial charge in [0.05, 0.1) is 30.9 Å². The lowest BCUT2D eigenvalue weighted by Gasteiger charge is -2.45. The predicted molar refractivity (Wildman–Crippen MR) is 145 cm³/mol. The maximum atomic E-state index is 12.7. The van der Waals surface area contributed by atoms with E-state index in [0.717, 1.165) is 23.1 Å². The lowest BCUT2D eigenvalue weighted by molar-refractivity contribution is 0.0694. The van der Waals surface area contributed by atoms with Crippen molar-refractivity contribution in [2.75, 3.05) is 18.7 Å². The van der Waals surface area contributed by atoms with Gasteiger partial charge in [0, 0.05) is 36.7 Å². The van der Waals surface area contributed by atoms with Crippen LogP contribution < -0.4 is 20.9 Å². The molecule has 11 nitrogen and oxygen atoms in total. The molecule has 204 valence electrons. The van der Waals surface area contributed by atoms with Crippen molar-refractivity contribution < 1.29 is 19.4 Å². The number of carboxylic acid groups (broad SMARTS) is 1. The molecule has 0 bridgehead atoms. The minimum atomic E-state index is -1.26. The van der Waals surface area contributed by atoms with Crippen molar-refractivity contribution in [3.8, 4) is 17.0 Å². The molecule has 0 spiro atoms. The van der Waals surface area contributed by atoms with Crippen molar-refractivity contribution in [1.82, 2.24) is 18.9 Å². The average Bonchev–Trinajstić information content (AvgIpc) is 3.23. The Morgan fingerprint density at radius 1 is 1.18 bits per heavy atom. The zero-order valence-corrected chi connectivity index (χ0v) is 22.4. The molecule has 3 aromatic heterocycles. The number of carbonyl (C=O) groups is 1. The molecular weight excluding hydrogens is 502 g/mol. The number of fused-ring (bicyclic) bond motifs is 4. The Hall–Kier alpha value is -4.38. The first-order valence-electron chi connectivity index (χ1n) is 12.7. The zero-order valence-electron chi connectivity index (χ0n) is 22.4. The number of methoxy groups -OCH3 is 1. The summed E-state index contributed by atoms with van der Waals surface area (Å²) in [6, 6.07) is 10.6. The fourth-order valence-electron chi connectivity index (χ4n) is 4.81. The van der Waals surface area contributed by atoms with Gasteiger partial charge in [0.2, 0.25) is 0 Å². The van der Waals surface area contributed by atoms with Crippen LogP contribution in [0.25, 0.3) is 16.9 Å². The number of nitrogens with zero attached hydrogens (tertiary/aromatic N) is 5. The molecule has 0 saturated heterocycles. The van der Waals surface area contributed by atoms with Crippen LogP contribution in [0.3, 0.4) is 0 Å². The Kier molecular flexibility index (Phi) is 6.77. The van der Waals surface area contributed by atoms with Crippen LogP contribution in [0.4, 0.5) is 0 Å². The summed E-state index contributed by atoms with van der Waals surface area (Å²) in [5, 5.41) is 16.0. The molecule has 39 heavy (non-hydrogen) atoms. The van der Waals surface area contributed by atoms with Crippen LogP contribution in [0, 0.1) is 0 Å². The van der Waals surface area contributed by atoms with Gasteiger partial charge in [0.15, 0.2) is 11.1 Å². The molecule has 0 aliphatic carbocycles. The summed E-state index contributed by atoms with van der Waals surface area (Å²) in [5.74, 6) is -0.650. The van der Waals surface area contributed by atoms with Crippen LogP contribution in [0.1, 0.15) is 48.7 Å². The highest BCUT2D eigenvalue weighted by atomic mass is 16.5. The van der Waals surface area contributed by atoms with Crippen molar-refractivity contribution in [2.24, 2.45) is 0 Å². The van der Waals surface area contributed by atoms with E-state index in [1.807, 2.05) is 18.2 Å². The van der Waals surface area contributed by atoms with Crippen molar-refractivity contribution in [3.63, 3.8) is 0 Å². The number of pyridine rings is 2. The summed E-state index contributed by atoms with van der Waals surface area (Å²) in [4.78, 5) is 37.1. The molecule has 0 fully saturated rings. The highest BCUT2D eigenvalue weighted by molar-refractivity contribution is 5.88. The van der Waals surface area contributed by atoms with Crippen molar-refractivity contribution in [3.05, 3.63) is 86.2 Å². The van der Waals surface area contributed by atoms with Gasteiger partial charge in [0.25, 0.3) is 0 Å². The van der Waals surface area contributed by atoms with E-state index in [9.17, 15) is 19.5 Å². The molecule has 1 N–H and O–H groups in total. The minimum Gasteiger partial charge on any atom is -0.491 e. The minimum absolute atomic E-state index is 0.210. The van der Waals surface area contributed by atoms with E-state index in [-0.39, 0.29) is 36.6 Å².